The van der Waals surface area contributed by atoms with Crippen LogP contribution in [-0.2, 0) is 6.54 Å². The highest BCUT2D eigenvalue weighted by Crippen LogP contribution is 2.21. The summed E-state index contributed by atoms with van der Waals surface area (Å²) < 4.78 is 1.14. The summed E-state index contributed by atoms with van der Waals surface area (Å²) in [5.74, 6) is 0.695. The third-order valence-electron chi connectivity index (χ3n) is 3.23. The molecule has 0 unspecified atom stereocenters. The fraction of sp³-hybridized carbons (Fsp3) is 0.538. The quantitative estimate of drug-likeness (QED) is 0.919. The normalized spacial score (nSPS) is 21.5. The van der Waals surface area contributed by atoms with E-state index < -0.39 is 0 Å². The Morgan fingerprint density at radius 1 is 1.31 bits per heavy atom. The van der Waals surface area contributed by atoms with Gasteiger partial charge in [-0.3, -0.25) is 4.90 Å². The van der Waals surface area contributed by atoms with Gasteiger partial charge < -0.3 is 5.11 Å². The van der Waals surface area contributed by atoms with Crippen LogP contribution in [0.4, 0.5) is 0 Å². The topological polar surface area (TPSA) is 23.5 Å². The van der Waals surface area contributed by atoms with Crippen molar-refractivity contribution in [2.75, 3.05) is 19.7 Å². The van der Waals surface area contributed by atoms with Crippen LogP contribution in [0.3, 0.4) is 0 Å². The van der Waals surface area contributed by atoms with Crippen molar-refractivity contribution < 1.29 is 5.11 Å². The highest BCUT2D eigenvalue weighted by atomic mass is 79.9. The molecule has 0 spiro atoms. The molecule has 1 saturated heterocycles. The molecule has 16 heavy (non-hydrogen) atoms. The lowest BCUT2D eigenvalue weighted by atomic mass is 10.1. The second kappa shape index (κ2) is 5.80. The van der Waals surface area contributed by atoms with Gasteiger partial charge in [-0.25, -0.2) is 0 Å². The SMILES string of the molecule is OCC[C@@H]1CCN(Cc2ccc(Br)cc2)C1. The summed E-state index contributed by atoms with van der Waals surface area (Å²) in [5, 5.41) is 8.91. The molecule has 1 aliphatic heterocycles. The predicted molar refractivity (Wildman–Crippen MR) is 69.2 cm³/mol. The molecule has 1 fully saturated rings. The molecule has 3 heteroatoms. The zero-order chi connectivity index (χ0) is 11.4. The van der Waals surface area contributed by atoms with Crippen LogP contribution in [0.2, 0.25) is 0 Å². The lowest BCUT2D eigenvalue weighted by Crippen LogP contribution is -2.20. The van der Waals surface area contributed by atoms with Crippen molar-refractivity contribution in [1.82, 2.24) is 4.90 Å². The number of aliphatic hydroxyl groups is 1. The molecule has 88 valence electrons. The van der Waals surface area contributed by atoms with Crippen LogP contribution in [0.1, 0.15) is 18.4 Å². The minimum Gasteiger partial charge on any atom is -0.396 e. The van der Waals surface area contributed by atoms with Gasteiger partial charge in [-0.1, -0.05) is 28.1 Å². The van der Waals surface area contributed by atoms with E-state index in [1.54, 1.807) is 0 Å². The van der Waals surface area contributed by atoms with Crippen molar-refractivity contribution in [2.24, 2.45) is 5.92 Å². The standard InChI is InChI=1S/C13H18BrNO/c14-13-3-1-11(2-4-13)9-15-7-5-12(10-15)6-8-16/h1-4,12,16H,5-10H2/t12-/m0/s1. The van der Waals surface area contributed by atoms with Gasteiger partial charge >= 0.3 is 0 Å². The van der Waals surface area contributed by atoms with Gasteiger partial charge in [0.05, 0.1) is 0 Å². The van der Waals surface area contributed by atoms with Crippen LogP contribution in [0.5, 0.6) is 0 Å². The van der Waals surface area contributed by atoms with Gasteiger partial charge in [0.25, 0.3) is 0 Å². The van der Waals surface area contributed by atoms with Crippen LogP contribution in [-0.4, -0.2) is 29.7 Å². The fourth-order valence-corrected chi connectivity index (χ4v) is 2.59. The van der Waals surface area contributed by atoms with E-state index in [4.69, 9.17) is 5.11 Å². The molecule has 2 rings (SSSR count). The first-order chi connectivity index (χ1) is 7.78. The van der Waals surface area contributed by atoms with E-state index in [2.05, 4.69) is 45.1 Å². The Bertz CT molecular complexity index is 325. The summed E-state index contributed by atoms with van der Waals surface area (Å²) in [4.78, 5) is 2.48. The van der Waals surface area contributed by atoms with Crippen molar-refractivity contribution in [2.45, 2.75) is 19.4 Å². The zero-order valence-electron chi connectivity index (χ0n) is 9.40. The van der Waals surface area contributed by atoms with Gasteiger partial charge in [0.15, 0.2) is 0 Å². The number of halogens is 1. The molecule has 1 aromatic rings. The van der Waals surface area contributed by atoms with Crippen LogP contribution >= 0.6 is 15.9 Å². The van der Waals surface area contributed by atoms with E-state index in [1.807, 2.05) is 0 Å². The largest absolute Gasteiger partial charge is 0.396 e. The number of benzene rings is 1. The van der Waals surface area contributed by atoms with Gasteiger partial charge in [-0.05, 0) is 43.0 Å². The van der Waals surface area contributed by atoms with E-state index in [0.29, 0.717) is 12.5 Å². The maximum Gasteiger partial charge on any atom is 0.0434 e. The van der Waals surface area contributed by atoms with Crippen LogP contribution in [0, 0.1) is 5.92 Å². The first kappa shape index (κ1) is 12.1. The number of aliphatic hydroxyl groups excluding tert-OH is 1. The first-order valence-electron chi connectivity index (χ1n) is 5.85. The third-order valence-corrected chi connectivity index (χ3v) is 3.76. The molecule has 1 atom stereocenters. The second-order valence-corrected chi connectivity index (χ2v) is 5.44. The Kier molecular flexibility index (Phi) is 4.38. The molecule has 0 amide bonds. The number of likely N-dealkylation sites (tertiary alicyclic amines) is 1. The van der Waals surface area contributed by atoms with Crippen LogP contribution in [0.15, 0.2) is 28.7 Å². The molecule has 1 heterocycles. The Hall–Kier alpha value is -0.380. The van der Waals surface area contributed by atoms with Crippen molar-refractivity contribution in [3.8, 4) is 0 Å². The molecule has 0 radical (unpaired) electrons. The Balaban J connectivity index is 1.84. The average molecular weight is 284 g/mol. The van der Waals surface area contributed by atoms with E-state index >= 15 is 0 Å². The molecule has 1 N–H and O–H groups in total. The smallest absolute Gasteiger partial charge is 0.0434 e. The second-order valence-electron chi connectivity index (χ2n) is 4.53. The molecule has 0 aromatic heterocycles. The van der Waals surface area contributed by atoms with Gasteiger partial charge in [0.2, 0.25) is 0 Å². The Morgan fingerprint density at radius 3 is 2.75 bits per heavy atom. The molecule has 1 aliphatic rings. The van der Waals surface area contributed by atoms with E-state index in [0.717, 1.165) is 24.0 Å². The van der Waals surface area contributed by atoms with E-state index in [1.165, 1.54) is 18.5 Å². The zero-order valence-corrected chi connectivity index (χ0v) is 11.0. The summed E-state index contributed by atoms with van der Waals surface area (Å²) in [6.45, 7) is 3.67. The van der Waals surface area contributed by atoms with E-state index in [-0.39, 0.29) is 0 Å². The summed E-state index contributed by atoms with van der Waals surface area (Å²) in [6, 6.07) is 8.53. The highest BCUT2D eigenvalue weighted by Gasteiger charge is 2.21. The summed E-state index contributed by atoms with van der Waals surface area (Å²) in [5.41, 5.74) is 1.37. The molecular weight excluding hydrogens is 266 g/mol. The number of nitrogens with zero attached hydrogens (tertiary/aromatic N) is 1. The summed E-state index contributed by atoms with van der Waals surface area (Å²) in [7, 11) is 0. The summed E-state index contributed by atoms with van der Waals surface area (Å²) >= 11 is 3.45. The van der Waals surface area contributed by atoms with Crippen molar-refractivity contribution in [3.63, 3.8) is 0 Å². The maximum absolute atomic E-state index is 8.91. The third kappa shape index (κ3) is 3.30. The summed E-state index contributed by atoms with van der Waals surface area (Å²) in [6.07, 6.45) is 2.19. The van der Waals surface area contributed by atoms with Gasteiger partial charge in [-0.2, -0.15) is 0 Å². The average Bonchev–Trinajstić information content (AvgIpc) is 2.70. The van der Waals surface area contributed by atoms with Gasteiger partial charge in [0, 0.05) is 24.2 Å². The van der Waals surface area contributed by atoms with Crippen molar-refractivity contribution >= 4 is 15.9 Å². The number of hydrogen-bond acceptors (Lipinski definition) is 2. The molecule has 1 aromatic carbocycles. The Labute approximate surface area is 105 Å². The molecule has 2 nitrogen and oxygen atoms in total. The minimum absolute atomic E-state index is 0.330. The van der Waals surface area contributed by atoms with Gasteiger partial charge in [-0.15, -0.1) is 0 Å². The molecule has 0 aliphatic carbocycles. The lowest BCUT2D eigenvalue weighted by Gasteiger charge is -2.15. The minimum atomic E-state index is 0.330. The van der Waals surface area contributed by atoms with Crippen molar-refractivity contribution in [3.05, 3.63) is 34.3 Å². The number of hydrogen-bond donors (Lipinski definition) is 1. The number of rotatable bonds is 4. The van der Waals surface area contributed by atoms with Crippen molar-refractivity contribution in [1.29, 1.82) is 0 Å². The fourth-order valence-electron chi connectivity index (χ4n) is 2.32. The predicted octanol–water partition coefficient (Wildman–Crippen LogP) is 2.65. The Morgan fingerprint density at radius 2 is 2.06 bits per heavy atom. The highest BCUT2D eigenvalue weighted by molar-refractivity contribution is 9.10. The molecule has 0 saturated carbocycles. The first-order valence-corrected chi connectivity index (χ1v) is 6.65. The molecular formula is C13H18BrNO. The van der Waals surface area contributed by atoms with Gasteiger partial charge in [0.1, 0.15) is 0 Å². The maximum atomic E-state index is 8.91. The lowest BCUT2D eigenvalue weighted by molar-refractivity contribution is 0.249. The monoisotopic (exact) mass is 283 g/mol. The van der Waals surface area contributed by atoms with Crippen LogP contribution < -0.4 is 0 Å². The van der Waals surface area contributed by atoms with E-state index in [9.17, 15) is 0 Å². The molecule has 0 bridgehead atoms. The van der Waals surface area contributed by atoms with Crippen LogP contribution in [0.25, 0.3) is 0 Å².